The molecular weight excluding hydrogens is 421 g/mol. The fourth-order valence-electron chi connectivity index (χ4n) is 2.22. The van der Waals surface area contributed by atoms with E-state index in [-0.39, 0.29) is 24.0 Å². The zero-order chi connectivity index (χ0) is 15.8. The van der Waals surface area contributed by atoms with Crippen LogP contribution in [0.4, 0.5) is 0 Å². The smallest absolute Gasteiger partial charge is 0.156 e. The predicted molar refractivity (Wildman–Crippen MR) is 113 cm³/mol. The van der Waals surface area contributed by atoms with Crippen LogP contribution in [-0.4, -0.2) is 36.1 Å². The zero-order valence-corrected chi connectivity index (χ0v) is 16.7. The van der Waals surface area contributed by atoms with E-state index in [4.69, 9.17) is 4.74 Å². The Hall–Kier alpha value is -1.15. The van der Waals surface area contributed by atoms with Gasteiger partial charge >= 0.3 is 0 Å². The van der Waals surface area contributed by atoms with E-state index in [2.05, 4.69) is 41.1 Å². The van der Waals surface area contributed by atoms with E-state index in [9.17, 15) is 0 Å². The average molecular weight is 445 g/mol. The number of ether oxygens (including phenoxy) is 1. The Morgan fingerprint density at radius 1 is 1.48 bits per heavy atom. The molecule has 2 N–H and O–H groups in total. The van der Waals surface area contributed by atoms with Gasteiger partial charge in [0.15, 0.2) is 5.17 Å². The van der Waals surface area contributed by atoms with Gasteiger partial charge in [0.1, 0.15) is 5.75 Å². The van der Waals surface area contributed by atoms with Crippen molar-refractivity contribution in [2.24, 2.45) is 4.99 Å². The van der Waals surface area contributed by atoms with Crippen molar-refractivity contribution in [2.75, 3.05) is 26.0 Å². The van der Waals surface area contributed by atoms with Crippen LogP contribution in [0, 0.1) is 0 Å². The summed E-state index contributed by atoms with van der Waals surface area (Å²) in [5.74, 6) is 1.89. The van der Waals surface area contributed by atoms with Crippen molar-refractivity contribution in [2.45, 2.75) is 13.3 Å². The lowest BCUT2D eigenvalue weighted by Crippen LogP contribution is -2.21. The summed E-state index contributed by atoms with van der Waals surface area (Å²) in [5.41, 5.74) is 2.40. The number of nitrogens with one attached hydrogen (secondary N) is 2. The fraction of sp³-hybridized carbons (Fsp3) is 0.353. The molecule has 0 unspecified atom stereocenters. The molecule has 0 fully saturated rings. The number of aromatic amines is 1. The summed E-state index contributed by atoms with van der Waals surface area (Å²) in [6, 6.07) is 6.09. The van der Waals surface area contributed by atoms with Crippen molar-refractivity contribution in [1.29, 1.82) is 0 Å². The van der Waals surface area contributed by atoms with Crippen LogP contribution < -0.4 is 10.1 Å². The highest BCUT2D eigenvalue weighted by Crippen LogP contribution is 2.23. The molecule has 0 amide bonds. The van der Waals surface area contributed by atoms with E-state index >= 15 is 0 Å². The quantitative estimate of drug-likeness (QED) is 0.291. The number of H-pyrrole nitrogens is 1. The molecule has 0 saturated heterocycles. The molecule has 4 nitrogen and oxygen atoms in total. The van der Waals surface area contributed by atoms with Crippen LogP contribution in [-0.2, 0) is 6.42 Å². The van der Waals surface area contributed by atoms with Crippen LogP contribution in [0.1, 0.15) is 12.5 Å². The van der Waals surface area contributed by atoms with Gasteiger partial charge in [-0.2, -0.15) is 0 Å². The summed E-state index contributed by atoms with van der Waals surface area (Å²) in [5, 5.41) is 5.47. The van der Waals surface area contributed by atoms with Crippen molar-refractivity contribution in [1.82, 2.24) is 10.3 Å². The van der Waals surface area contributed by atoms with Gasteiger partial charge in [0.25, 0.3) is 0 Å². The van der Waals surface area contributed by atoms with Gasteiger partial charge in [0.2, 0.25) is 0 Å². The highest BCUT2D eigenvalue weighted by molar-refractivity contribution is 14.0. The van der Waals surface area contributed by atoms with Gasteiger partial charge in [-0.1, -0.05) is 24.8 Å². The molecule has 0 atom stereocenters. The van der Waals surface area contributed by atoms with E-state index in [0.29, 0.717) is 0 Å². The summed E-state index contributed by atoms with van der Waals surface area (Å²) in [6.45, 7) is 7.35. The second kappa shape index (κ2) is 10.6. The number of fused-ring (bicyclic) bond motifs is 1. The molecule has 2 rings (SSSR count). The number of thioether (sulfide) groups is 1. The van der Waals surface area contributed by atoms with Crippen LogP contribution in [0.3, 0.4) is 0 Å². The monoisotopic (exact) mass is 445 g/mol. The standard InChI is InChI=1S/C17H23N3OS.HI/c1-4-9-18-17(22-5-2)19-10-8-13-12-20-16-7-6-14(21-3)11-15(13)16;/h4,6-7,11-12,20H,1,5,8-10H2,2-3H3,(H,18,19);1H. The summed E-state index contributed by atoms with van der Waals surface area (Å²) in [7, 11) is 1.69. The average Bonchev–Trinajstić information content (AvgIpc) is 2.94. The number of aliphatic imine (C=N–C) groups is 1. The third kappa shape index (κ3) is 5.76. The molecule has 23 heavy (non-hydrogen) atoms. The minimum absolute atomic E-state index is 0. The summed E-state index contributed by atoms with van der Waals surface area (Å²) >= 11 is 1.73. The summed E-state index contributed by atoms with van der Waals surface area (Å²) in [6.07, 6.45) is 4.80. The highest BCUT2D eigenvalue weighted by Gasteiger charge is 2.05. The maximum Gasteiger partial charge on any atom is 0.156 e. The normalized spacial score (nSPS) is 11.1. The van der Waals surface area contributed by atoms with Crippen molar-refractivity contribution >= 4 is 51.8 Å². The summed E-state index contributed by atoms with van der Waals surface area (Å²) in [4.78, 5) is 7.95. The molecule has 0 aliphatic carbocycles. The van der Waals surface area contributed by atoms with Crippen molar-refractivity contribution in [3.05, 3.63) is 42.6 Å². The lowest BCUT2D eigenvalue weighted by atomic mass is 10.1. The zero-order valence-electron chi connectivity index (χ0n) is 13.6. The molecule has 0 aliphatic rings. The van der Waals surface area contributed by atoms with Crippen LogP contribution in [0.2, 0.25) is 0 Å². The van der Waals surface area contributed by atoms with Crippen LogP contribution in [0.15, 0.2) is 42.0 Å². The van der Waals surface area contributed by atoms with Gasteiger partial charge < -0.3 is 15.0 Å². The number of amidine groups is 1. The first kappa shape index (κ1) is 19.9. The van der Waals surface area contributed by atoms with Gasteiger partial charge in [-0.15, -0.1) is 30.6 Å². The van der Waals surface area contributed by atoms with Gasteiger partial charge in [0.05, 0.1) is 7.11 Å². The van der Waals surface area contributed by atoms with Gasteiger partial charge in [-0.3, -0.25) is 4.99 Å². The Labute approximate surface area is 159 Å². The van der Waals surface area contributed by atoms with Crippen molar-refractivity contribution in [3.63, 3.8) is 0 Å². The van der Waals surface area contributed by atoms with E-state index in [0.717, 1.165) is 41.7 Å². The van der Waals surface area contributed by atoms with Crippen LogP contribution >= 0.6 is 35.7 Å². The molecule has 0 saturated carbocycles. The number of methoxy groups -OCH3 is 1. The molecular formula is C17H24IN3OS. The number of aromatic nitrogens is 1. The van der Waals surface area contributed by atoms with E-state index in [1.807, 2.05) is 18.2 Å². The minimum atomic E-state index is 0. The molecule has 0 radical (unpaired) electrons. The van der Waals surface area contributed by atoms with Crippen LogP contribution in [0.25, 0.3) is 10.9 Å². The second-order valence-electron chi connectivity index (χ2n) is 4.76. The number of rotatable bonds is 7. The summed E-state index contributed by atoms with van der Waals surface area (Å²) < 4.78 is 5.30. The number of hydrogen-bond acceptors (Lipinski definition) is 3. The SMILES string of the molecule is C=CCNC(=NCCc1c[nH]c2ccc(OC)cc12)SCC.I. The lowest BCUT2D eigenvalue weighted by Gasteiger charge is -2.06. The molecule has 2 aromatic rings. The second-order valence-corrected chi connectivity index (χ2v) is 6.02. The van der Waals surface area contributed by atoms with Gasteiger partial charge in [0, 0.05) is 30.2 Å². The molecule has 126 valence electrons. The molecule has 0 bridgehead atoms. The maximum atomic E-state index is 5.30. The van der Waals surface area contributed by atoms with E-state index in [1.165, 1.54) is 10.9 Å². The first-order valence-electron chi connectivity index (χ1n) is 7.44. The number of nitrogens with zero attached hydrogens (tertiary/aromatic N) is 1. The largest absolute Gasteiger partial charge is 0.497 e. The first-order valence-corrected chi connectivity index (χ1v) is 8.43. The third-order valence-corrected chi connectivity index (χ3v) is 4.13. The highest BCUT2D eigenvalue weighted by atomic mass is 127. The fourth-order valence-corrected chi connectivity index (χ4v) is 2.86. The van der Waals surface area contributed by atoms with Crippen LogP contribution in [0.5, 0.6) is 5.75 Å². The Morgan fingerprint density at radius 3 is 3.00 bits per heavy atom. The Balaban J connectivity index is 0.00000264. The lowest BCUT2D eigenvalue weighted by molar-refractivity contribution is 0.415. The topological polar surface area (TPSA) is 49.4 Å². The molecule has 1 aromatic heterocycles. The van der Waals surface area contributed by atoms with Crippen molar-refractivity contribution in [3.8, 4) is 5.75 Å². The Bertz CT molecular complexity index is 654. The maximum absolute atomic E-state index is 5.30. The minimum Gasteiger partial charge on any atom is -0.497 e. The molecule has 0 aliphatic heterocycles. The third-order valence-electron chi connectivity index (χ3n) is 3.29. The molecule has 1 aromatic carbocycles. The van der Waals surface area contributed by atoms with E-state index < -0.39 is 0 Å². The number of hydrogen-bond donors (Lipinski definition) is 2. The van der Waals surface area contributed by atoms with Gasteiger partial charge in [-0.25, -0.2) is 0 Å². The Kier molecular flexibility index (Phi) is 9.16. The molecule has 6 heteroatoms. The van der Waals surface area contributed by atoms with E-state index in [1.54, 1.807) is 18.9 Å². The van der Waals surface area contributed by atoms with Gasteiger partial charge in [-0.05, 0) is 35.9 Å². The number of halogens is 1. The Morgan fingerprint density at radius 2 is 2.30 bits per heavy atom. The van der Waals surface area contributed by atoms with Crippen molar-refractivity contribution < 1.29 is 4.74 Å². The number of benzene rings is 1. The molecule has 0 spiro atoms. The predicted octanol–water partition coefficient (Wildman–Crippen LogP) is 4.22. The first-order chi connectivity index (χ1) is 10.8. The molecule has 1 heterocycles.